The van der Waals surface area contributed by atoms with Crippen molar-refractivity contribution in [2.75, 3.05) is 20.1 Å². The Labute approximate surface area is 153 Å². The molecular formula is C16H24Cl2N4O2. The van der Waals surface area contributed by atoms with Crippen LogP contribution >= 0.6 is 23.2 Å². The van der Waals surface area contributed by atoms with E-state index in [2.05, 4.69) is 14.9 Å². The number of carbonyl (C=O) groups is 1. The molecule has 1 aliphatic heterocycles. The first-order chi connectivity index (χ1) is 11.2. The molecule has 24 heavy (non-hydrogen) atoms. The lowest BCUT2D eigenvalue weighted by atomic mass is 10.0. The van der Waals surface area contributed by atoms with Crippen molar-refractivity contribution in [2.45, 2.75) is 51.8 Å². The van der Waals surface area contributed by atoms with Gasteiger partial charge in [0, 0.05) is 37.4 Å². The third-order valence-corrected chi connectivity index (χ3v) is 4.38. The number of likely N-dealkylation sites (N-methyl/N-ethyl adjacent to an activating group) is 1. The van der Waals surface area contributed by atoms with Gasteiger partial charge in [0.25, 0.3) is 0 Å². The van der Waals surface area contributed by atoms with E-state index in [1.54, 1.807) is 11.1 Å². The van der Waals surface area contributed by atoms with Crippen molar-refractivity contribution in [1.29, 1.82) is 0 Å². The number of halogens is 2. The largest absolute Gasteiger partial charge is 0.444 e. The quantitative estimate of drug-likeness (QED) is 0.597. The zero-order valence-corrected chi connectivity index (χ0v) is 16.1. The molecule has 2 rings (SSSR count). The zero-order valence-electron chi connectivity index (χ0n) is 14.6. The Morgan fingerprint density at radius 3 is 2.79 bits per heavy atom. The van der Waals surface area contributed by atoms with Crippen LogP contribution in [-0.2, 0) is 11.3 Å². The molecule has 1 saturated heterocycles. The SMILES string of the molecule is CN(Cc1cnc(Cl)nc1Cl)[C@H]1CCCN(C(=O)OC(C)(C)C)C1. The smallest absolute Gasteiger partial charge is 0.410 e. The Balaban J connectivity index is 1.97. The number of ether oxygens (including phenoxy) is 1. The van der Waals surface area contributed by atoms with Gasteiger partial charge in [-0.1, -0.05) is 11.6 Å². The Morgan fingerprint density at radius 2 is 2.17 bits per heavy atom. The average molecular weight is 375 g/mol. The van der Waals surface area contributed by atoms with Crippen LogP contribution in [0.2, 0.25) is 10.4 Å². The Hall–Kier alpha value is -1.11. The maximum atomic E-state index is 12.3. The summed E-state index contributed by atoms with van der Waals surface area (Å²) in [6, 6.07) is 0.234. The summed E-state index contributed by atoms with van der Waals surface area (Å²) >= 11 is 11.8. The molecule has 8 heteroatoms. The molecule has 0 bridgehead atoms. The van der Waals surface area contributed by atoms with Crippen molar-refractivity contribution < 1.29 is 9.53 Å². The highest BCUT2D eigenvalue weighted by atomic mass is 35.5. The predicted molar refractivity (Wildman–Crippen MR) is 94.3 cm³/mol. The van der Waals surface area contributed by atoms with Crippen molar-refractivity contribution in [3.8, 4) is 0 Å². The van der Waals surface area contributed by atoms with E-state index in [9.17, 15) is 4.79 Å². The van der Waals surface area contributed by atoms with Gasteiger partial charge >= 0.3 is 6.09 Å². The molecule has 1 amide bonds. The number of likely N-dealkylation sites (tertiary alicyclic amines) is 1. The molecule has 1 fully saturated rings. The number of piperidine rings is 1. The molecule has 0 spiro atoms. The summed E-state index contributed by atoms with van der Waals surface area (Å²) in [5.74, 6) is 0. The molecule has 1 atom stereocenters. The minimum atomic E-state index is -0.482. The number of rotatable bonds is 3. The Morgan fingerprint density at radius 1 is 1.46 bits per heavy atom. The molecule has 134 valence electrons. The zero-order chi connectivity index (χ0) is 17.9. The van der Waals surface area contributed by atoms with Crippen molar-refractivity contribution >= 4 is 29.3 Å². The first-order valence-electron chi connectivity index (χ1n) is 8.01. The normalized spacial score (nSPS) is 18.8. The Bertz CT molecular complexity index is 592. The van der Waals surface area contributed by atoms with E-state index in [0.29, 0.717) is 18.2 Å². The van der Waals surface area contributed by atoms with Crippen molar-refractivity contribution in [2.24, 2.45) is 0 Å². The highest BCUT2D eigenvalue weighted by Gasteiger charge is 2.29. The highest BCUT2D eigenvalue weighted by Crippen LogP contribution is 2.21. The summed E-state index contributed by atoms with van der Waals surface area (Å²) < 4.78 is 5.47. The van der Waals surface area contributed by atoms with Crippen LogP contribution in [0.4, 0.5) is 4.79 Å². The Kier molecular flexibility index (Phi) is 6.28. The van der Waals surface area contributed by atoms with Gasteiger partial charge in [-0.15, -0.1) is 0 Å². The fraction of sp³-hybridized carbons (Fsp3) is 0.688. The maximum Gasteiger partial charge on any atom is 0.410 e. The number of nitrogens with zero attached hydrogens (tertiary/aromatic N) is 4. The van der Waals surface area contributed by atoms with Gasteiger partial charge in [0.15, 0.2) is 0 Å². The summed E-state index contributed by atoms with van der Waals surface area (Å²) in [7, 11) is 2.01. The third-order valence-electron chi connectivity index (χ3n) is 3.87. The second kappa shape index (κ2) is 7.85. The number of aromatic nitrogens is 2. The first kappa shape index (κ1) is 19.2. The summed E-state index contributed by atoms with van der Waals surface area (Å²) in [6.07, 6.45) is 3.34. The summed E-state index contributed by atoms with van der Waals surface area (Å²) in [5, 5.41) is 0.502. The third kappa shape index (κ3) is 5.46. The van der Waals surface area contributed by atoms with E-state index in [-0.39, 0.29) is 17.4 Å². The van der Waals surface area contributed by atoms with Crippen molar-refractivity contribution in [1.82, 2.24) is 19.8 Å². The van der Waals surface area contributed by atoms with E-state index in [1.165, 1.54) is 0 Å². The molecule has 0 aliphatic carbocycles. The van der Waals surface area contributed by atoms with E-state index >= 15 is 0 Å². The molecular weight excluding hydrogens is 351 g/mol. The minimum Gasteiger partial charge on any atom is -0.444 e. The van der Waals surface area contributed by atoms with Crippen LogP contribution in [-0.4, -0.2) is 57.6 Å². The van der Waals surface area contributed by atoms with E-state index < -0.39 is 5.60 Å². The lowest BCUT2D eigenvalue weighted by molar-refractivity contribution is 0.0121. The molecule has 0 aromatic carbocycles. The fourth-order valence-electron chi connectivity index (χ4n) is 2.68. The van der Waals surface area contributed by atoms with Gasteiger partial charge in [-0.25, -0.2) is 14.8 Å². The number of amides is 1. The van der Waals surface area contributed by atoms with Crippen LogP contribution in [0.5, 0.6) is 0 Å². The number of hydrogen-bond donors (Lipinski definition) is 0. The molecule has 2 heterocycles. The van der Waals surface area contributed by atoms with E-state index in [0.717, 1.165) is 24.9 Å². The van der Waals surface area contributed by atoms with Gasteiger partial charge in [0.2, 0.25) is 5.28 Å². The van der Waals surface area contributed by atoms with E-state index in [4.69, 9.17) is 27.9 Å². The molecule has 0 N–H and O–H groups in total. The topological polar surface area (TPSA) is 58.6 Å². The van der Waals surface area contributed by atoms with E-state index in [1.807, 2.05) is 27.8 Å². The summed E-state index contributed by atoms with van der Waals surface area (Å²) in [5.41, 5.74) is 0.336. The molecule has 1 aromatic heterocycles. The van der Waals surface area contributed by atoms with Gasteiger partial charge in [-0.3, -0.25) is 4.90 Å². The molecule has 6 nitrogen and oxygen atoms in total. The minimum absolute atomic E-state index is 0.139. The van der Waals surface area contributed by atoms with Gasteiger partial charge in [0.05, 0.1) is 0 Å². The number of carbonyl (C=O) groups excluding carboxylic acids is 1. The summed E-state index contributed by atoms with van der Waals surface area (Å²) in [4.78, 5) is 24.1. The average Bonchev–Trinajstić information content (AvgIpc) is 2.48. The molecule has 0 saturated carbocycles. The van der Waals surface area contributed by atoms with Crippen LogP contribution in [0.15, 0.2) is 6.20 Å². The maximum absolute atomic E-state index is 12.3. The molecule has 0 radical (unpaired) electrons. The van der Waals surface area contributed by atoms with Gasteiger partial charge in [0.1, 0.15) is 10.8 Å². The monoisotopic (exact) mass is 374 g/mol. The second-order valence-corrected chi connectivity index (χ2v) is 7.79. The molecule has 1 aromatic rings. The van der Waals surface area contributed by atoms with Gasteiger partial charge in [-0.05, 0) is 52.3 Å². The first-order valence-corrected chi connectivity index (χ1v) is 8.76. The number of hydrogen-bond acceptors (Lipinski definition) is 5. The van der Waals surface area contributed by atoms with Gasteiger partial charge in [-0.2, -0.15) is 0 Å². The fourth-order valence-corrected chi connectivity index (χ4v) is 3.04. The van der Waals surface area contributed by atoms with Crippen LogP contribution in [0.3, 0.4) is 0 Å². The lowest BCUT2D eigenvalue weighted by Gasteiger charge is -2.38. The van der Waals surface area contributed by atoms with Gasteiger partial charge < -0.3 is 9.64 Å². The van der Waals surface area contributed by atoms with Crippen LogP contribution < -0.4 is 0 Å². The standard InChI is InChI=1S/C16H24Cl2N4O2/c1-16(2,3)24-15(23)22-7-5-6-12(10-22)21(4)9-11-8-19-14(18)20-13(11)17/h8,12H,5-7,9-10H2,1-4H3/t12-/m0/s1. The lowest BCUT2D eigenvalue weighted by Crippen LogP contribution is -2.49. The predicted octanol–water partition coefficient (Wildman–Crippen LogP) is 3.61. The second-order valence-electron chi connectivity index (χ2n) is 7.09. The summed E-state index contributed by atoms with van der Waals surface area (Å²) in [6.45, 7) is 7.59. The molecule has 1 aliphatic rings. The van der Waals surface area contributed by atoms with Crippen molar-refractivity contribution in [3.05, 3.63) is 22.2 Å². The highest BCUT2D eigenvalue weighted by molar-refractivity contribution is 6.32. The van der Waals surface area contributed by atoms with Crippen LogP contribution in [0, 0.1) is 0 Å². The van der Waals surface area contributed by atoms with Crippen molar-refractivity contribution in [3.63, 3.8) is 0 Å². The molecule has 0 unspecified atom stereocenters. The van der Waals surface area contributed by atoms with Crippen LogP contribution in [0.25, 0.3) is 0 Å². The van der Waals surface area contributed by atoms with Crippen LogP contribution in [0.1, 0.15) is 39.2 Å².